The van der Waals surface area contributed by atoms with Gasteiger partial charge in [0, 0.05) is 18.7 Å². The number of pyridine rings is 1. The standard InChI is InChI=1S/C34H32N6O5S2/c1-39(2)17-6-9-23-14-15-24(20-35-23)44-19-7-13-29-31(45-34(42)43)38-33(47-29)40-18-16-22-8-5-10-25(26(22)21-40)30(41)37-32-36-27-11-3-4-12-28(27)46-32/h3-5,8,10-12,14-15,20H,7,13,16-19,21H2,1-2H3,(H,42,43)(H,36,37,41). The van der Waals surface area contributed by atoms with Crippen LogP contribution < -0.4 is 19.7 Å². The lowest BCUT2D eigenvalue weighted by molar-refractivity contribution is 0.102. The number of thiazole rings is 2. The molecule has 1 aliphatic rings. The molecule has 47 heavy (non-hydrogen) atoms. The Morgan fingerprint density at radius 2 is 1.96 bits per heavy atom. The van der Waals surface area contributed by atoms with E-state index in [4.69, 9.17) is 9.47 Å². The monoisotopic (exact) mass is 668 g/mol. The number of carboxylic acid groups (broad SMARTS) is 1. The van der Waals surface area contributed by atoms with Crippen molar-refractivity contribution in [3.05, 3.63) is 88.1 Å². The summed E-state index contributed by atoms with van der Waals surface area (Å²) in [6.07, 6.45) is 2.06. The highest BCUT2D eigenvalue weighted by molar-refractivity contribution is 7.22. The zero-order valence-corrected chi connectivity index (χ0v) is 27.5. The van der Waals surface area contributed by atoms with E-state index in [1.807, 2.05) is 73.6 Å². The molecule has 240 valence electrons. The molecule has 0 atom stereocenters. The Hall–Kier alpha value is -5.03. The highest BCUT2D eigenvalue weighted by atomic mass is 32.1. The first-order valence-electron chi connectivity index (χ1n) is 15.0. The van der Waals surface area contributed by atoms with Crippen molar-refractivity contribution in [3.8, 4) is 23.5 Å². The highest BCUT2D eigenvalue weighted by Crippen LogP contribution is 2.36. The number of para-hydroxylation sites is 1. The molecule has 11 nitrogen and oxygen atoms in total. The SMILES string of the molecule is CN(C)CC#Cc1ccc(OCCCc2sc(N3CCc4cccc(C(=O)Nc5nc6ccccc6s5)c4C3)nc2OC(=O)O)cn1. The van der Waals surface area contributed by atoms with Crippen LogP contribution in [0.3, 0.4) is 0 Å². The topological polar surface area (TPSA) is 130 Å². The van der Waals surface area contributed by atoms with Gasteiger partial charge >= 0.3 is 6.16 Å². The maximum absolute atomic E-state index is 13.4. The van der Waals surface area contributed by atoms with Crippen molar-refractivity contribution in [2.24, 2.45) is 0 Å². The number of fused-ring (bicyclic) bond motifs is 2. The Bertz CT molecular complexity index is 1930. The maximum Gasteiger partial charge on any atom is 0.512 e. The molecule has 2 aromatic carbocycles. The molecule has 4 heterocycles. The Morgan fingerprint density at radius 3 is 2.74 bits per heavy atom. The number of benzene rings is 2. The lowest BCUT2D eigenvalue weighted by Crippen LogP contribution is -2.32. The van der Waals surface area contributed by atoms with E-state index in [0.29, 0.717) is 77.7 Å². The zero-order chi connectivity index (χ0) is 32.8. The summed E-state index contributed by atoms with van der Waals surface area (Å²) in [5.74, 6) is 6.56. The van der Waals surface area contributed by atoms with Gasteiger partial charge in [-0.1, -0.05) is 52.9 Å². The van der Waals surface area contributed by atoms with Crippen LogP contribution in [0.5, 0.6) is 11.6 Å². The maximum atomic E-state index is 13.4. The van der Waals surface area contributed by atoms with Crippen LogP contribution in [0.15, 0.2) is 60.8 Å². The number of nitrogens with one attached hydrogen (secondary N) is 1. The normalized spacial score (nSPS) is 12.4. The second-order valence-corrected chi connectivity index (χ2v) is 13.1. The molecule has 6 rings (SSSR count). The molecule has 2 N–H and O–H groups in total. The summed E-state index contributed by atoms with van der Waals surface area (Å²) in [5, 5.41) is 13.5. The fourth-order valence-electron chi connectivity index (χ4n) is 5.08. The number of aryl methyl sites for hydroxylation is 1. The van der Waals surface area contributed by atoms with E-state index in [-0.39, 0.29) is 11.8 Å². The number of aromatic nitrogens is 3. The van der Waals surface area contributed by atoms with E-state index in [1.165, 1.54) is 22.7 Å². The molecule has 0 saturated heterocycles. The third-order valence-electron chi connectivity index (χ3n) is 7.30. The van der Waals surface area contributed by atoms with Crippen LogP contribution in [-0.2, 0) is 19.4 Å². The van der Waals surface area contributed by atoms with Crippen molar-refractivity contribution in [2.45, 2.75) is 25.8 Å². The minimum Gasteiger partial charge on any atom is -0.492 e. The predicted octanol–water partition coefficient (Wildman–Crippen LogP) is 5.94. The molecular formula is C34H32N6O5S2. The summed E-state index contributed by atoms with van der Waals surface area (Å²) in [5.41, 5.74) is 4.09. The number of carbonyl (C=O) groups is 2. The fraction of sp³-hybridized carbons (Fsp3) is 0.265. The Balaban J connectivity index is 1.11. The molecule has 5 aromatic rings. The van der Waals surface area contributed by atoms with Crippen LogP contribution in [-0.4, -0.2) is 70.8 Å². The summed E-state index contributed by atoms with van der Waals surface area (Å²) in [7, 11) is 3.92. The summed E-state index contributed by atoms with van der Waals surface area (Å²) >= 11 is 2.82. The number of ether oxygens (including phenoxy) is 2. The lowest BCUT2D eigenvalue weighted by atomic mass is 9.94. The van der Waals surface area contributed by atoms with E-state index in [1.54, 1.807) is 6.20 Å². The second kappa shape index (κ2) is 14.6. The van der Waals surface area contributed by atoms with Gasteiger partial charge in [0.25, 0.3) is 5.91 Å². The van der Waals surface area contributed by atoms with Gasteiger partial charge in [-0.05, 0) is 80.7 Å². The molecule has 0 fully saturated rings. The number of amides is 1. The average Bonchev–Trinajstić information content (AvgIpc) is 3.66. The first kappa shape index (κ1) is 31.9. The van der Waals surface area contributed by atoms with Gasteiger partial charge in [-0.25, -0.2) is 14.8 Å². The van der Waals surface area contributed by atoms with E-state index in [9.17, 15) is 14.7 Å². The number of rotatable bonds is 10. The Kier molecular flexibility index (Phi) is 9.92. The molecule has 1 aliphatic heterocycles. The van der Waals surface area contributed by atoms with Gasteiger partial charge in [0.2, 0.25) is 5.88 Å². The smallest absolute Gasteiger partial charge is 0.492 e. The van der Waals surface area contributed by atoms with Gasteiger partial charge in [0.15, 0.2) is 10.3 Å². The van der Waals surface area contributed by atoms with Gasteiger partial charge in [0.05, 0.1) is 34.4 Å². The van der Waals surface area contributed by atoms with Crippen molar-refractivity contribution in [1.82, 2.24) is 19.9 Å². The van der Waals surface area contributed by atoms with E-state index >= 15 is 0 Å². The van der Waals surface area contributed by atoms with Crippen LogP contribution in [0.1, 0.15) is 38.5 Å². The number of carbonyl (C=O) groups excluding carboxylic acids is 1. The van der Waals surface area contributed by atoms with Gasteiger partial charge < -0.3 is 19.5 Å². The first-order valence-corrected chi connectivity index (χ1v) is 16.6. The van der Waals surface area contributed by atoms with Gasteiger partial charge in [-0.2, -0.15) is 4.98 Å². The highest BCUT2D eigenvalue weighted by Gasteiger charge is 2.26. The minimum absolute atomic E-state index is 0.0764. The molecule has 0 unspecified atom stereocenters. The largest absolute Gasteiger partial charge is 0.512 e. The number of hydrogen-bond donors (Lipinski definition) is 2. The van der Waals surface area contributed by atoms with E-state index in [0.717, 1.165) is 21.3 Å². The Labute approximate surface area is 279 Å². The molecule has 1 amide bonds. The summed E-state index contributed by atoms with van der Waals surface area (Å²) in [6, 6.07) is 17.2. The van der Waals surface area contributed by atoms with Gasteiger partial charge in [0.1, 0.15) is 11.4 Å². The lowest BCUT2D eigenvalue weighted by Gasteiger charge is -2.29. The minimum atomic E-state index is -1.42. The molecule has 3 aromatic heterocycles. The number of hydrogen-bond acceptors (Lipinski definition) is 11. The van der Waals surface area contributed by atoms with E-state index < -0.39 is 6.16 Å². The van der Waals surface area contributed by atoms with Crippen molar-refractivity contribution in [2.75, 3.05) is 44.0 Å². The number of anilines is 2. The van der Waals surface area contributed by atoms with Crippen LogP contribution in [0.25, 0.3) is 10.2 Å². The van der Waals surface area contributed by atoms with E-state index in [2.05, 4.69) is 37.0 Å². The van der Waals surface area contributed by atoms with Crippen molar-refractivity contribution in [3.63, 3.8) is 0 Å². The molecule has 0 spiro atoms. The summed E-state index contributed by atoms with van der Waals surface area (Å²) < 4.78 is 11.9. The van der Waals surface area contributed by atoms with Crippen LogP contribution in [0, 0.1) is 11.8 Å². The third kappa shape index (κ3) is 8.04. The van der Waals surface area contributed by atoms with Crippen molar-refractivity contribution < 1.29 is 24.2 Å². The summed E-state index contributed by atoms with van der Waals surface area (Å²) in [4.78, 5) is 43.1. The van der Waals surface area contributed by atoms with Gasteiger partial charge in [-0.3, -0.25) is 15.0 Å². The van der Waals surface area contributed by atoms with Crippen LogP contribution >= 0.6 is 22.7 Å². The van der Waals surface area contributed by atoms with Crippen LogP contribution in [0.4, 0.5) is 15.1 Å². The molecule has 0 saturated carbocycles. The fourth-order valence-corrected chi connectivity index (χ4v) is 6.99. The van der Waals surface area contributed by atoms with Crippen molar-refractivity contribution in [1.29, 1.82) is 0 Å². The quantitative estimate of drug-likeness (QED) is 0.105. The summed E-state index contributed by atoms with van der Waals surface area (Å²) in [6.45, 7) is 2.17. The molecule has 0 aliphatic carbocycles. The molecule has 0 radical (unpaired) electrons. The van der Waals surface area contributed by atoms with Gasteiger partial charge in [-0.15, -0.1) is 0 Å². The second-order valence-electron chi connectivity index (χ2n) is 11.0. The van der Waals surface area contributed by atoms with Crippen LogP contribution in [0.2, 0.25) is 0 Å². The van der Waals surface area contributed by atoms with Crippen molar-refractivity contribution >= 4 is 55.2 Å². The molecule has 13 heteroatoms. The molecule has 0 bridgehead atoms. The third-order valence-corrected chi connectivity index (χ3v) is 9.41. The first-order chi connectivity index (χ1) is 22.8. The molecular weight excluding hydrogens is 637 g/mol. The number of nitrogens with zero attached hydrogens (tertiary/aromatic N) is 5. The predicted molar refractivity (Wildman–Crippen MR) is 183 cm³/mol. The zero-order valence-electron chi connectivity index (χ0n) is 25.9. The average molecular weight is 669 g/mol. The Morgan fingerprint density at radius 1 is 1.09 bits per heavy atom.